The predicted octanol–water partition coefficient (Wildman–Crippen LogP) is 3.79. The summed E-state index contributed by atoms with van der Waals surface area (Å²) in [6.07, 6.45) is 2.57. The number of para-hydroxylation sites is 1. The van der Waals surface area contributed by atoms with E-state index in [0.29, 0.717) is 13.0 Å². The largest absolute Gasteiger partial charge is 0.492 e. The highest BCUT2D eigenvalue weighted by Crippen LogP contribution is 2.24. The van der Waals surface area contributed by atoms with Gasteiger partial charge in [0.2, 0.25) is 5.91 Å². The molecule has 1 aliphatic heterocycles. The van der Waals surface area contributed by atoms with Crippen molar-refractivity contribution in [2.75, 3.05) is 19.7 Å². The summed E-state index contributed by atoms with van der Waals surface area (Å²) in [6.45, 7) is 2.30. The molecule has 0 aliphatic carbocycles. The number of nitrogens with zero attached hydrogens (tertiary/aromatic N) is 1. The number of rotatable bonds is 10. The summed E-state index contributed by atoms with van der Waals surface area (Å²) in [5.41, 5.74) is 2.10. The van der Waals surface area contributed by atoms with Gasteiger partial charge in [-0.15, -0.1) is 11.3 Å². The number of imide groups is 1. The van der Waals surface area contributed by atoms with Gasteiger partial charge in [0, 0.05) is 13.0 Å². The van der Waals surface area contributed by atoms with Crippen molar-refractivity contribution in [3.05, 3.63) is 59.1 Å². The van der Waals surface area contributed by atoms with E-state index in [-0.39, 0.29) is 16.4 Å². The molecule has 1 aliphatic rings. The zero-order valence-corrected chi connectivity index (χ0v) is 18.1. The number of thioether (sulfide) groups is 1. The van der Waals surface area contributed by atoms with Gasteiger partial charge in [0.1, 0.15) is 12.4 Å². The van der Waals surface area contributed by atoms with Gasteiger partial charge in [0.25, 0.3) is 5.24 Å². The van der Waals surface area contributed by atoms with Crippen LogP contribution in [-0.4, -0.2) is 41.1 Å². The third-order valence-corrected chi connectivity index (χ3v) is 6.82. The van der Waals surface area contributed by atoms with E-state index in [1.165, 1.54) is 9.71 Å². The molecule has 156 valence electrons. The monoisotopic (exact) mass is 441 g/mol. The number of ether oxygens (including phenoxy) is 1. The molecule has 2 amide bonds. The number of benzene rings is 2. The Morgan fingerprint density at radius 3 is 2.67 bits per heavy atom. The Bertz CT molecular complexity index is 987. The second kappa shape index (κ2) is 10.1. The maximum atomic E-state index is 11.6. The second-order valence-corrected chi connectivity index (χ2v) is 9.30. The topological polar surface area (TPSA) is 80.3 Å². The van der Waals surface area contributed by atoms with E-state index >= 15 is 0 Å². The van der Waals surface area contributed by atoms with E-state index in [0.717, 1.165) is 54.5 Å². The number of hydrogen-bond acceptors (Lipinski definition) is 7. The van der Waals surface area contributed by atoms with Crippen LogP contribution in [0.3, 0.4) is 0 Å². The minimum Gasteiger partial charge on any atom is -0.492 e. The van der Waals surface area contributed by atoms with Crippen molar-refractivity contribution in [2.45, 2.75) is 24.5 Å². The van der Waals surface area contributed by atoms with Crippen LogP contribution in [0.2, 0.25) is 0 Å². The molecule has 0 bridgehead atoms. The molecule has 0 spiro atoms. The first kappa shape index (κ1) is 20.8. The molecule has 3 aromatic rings. The van der Waals surface area contributed by atoms with E-state index in [4.69, 9.17) is 4.74 Å². The van der Waals surface area contributed by atoms with E-state index in [2.05, 4.69) is 33.8 Å². The molecule has 1 saturated heterocycles. The number of hydrogen-bond donors (Lipinski definition) is 2. The highest BCUT2D eigenvalue weighted by molar-refractivity contribution is 8.15. The standard InChI is InChI=1S/C22H23N3O3S2/c26-21-19(30-22(27)25-21)14-15-7-9-16(10-8-15)28-13-12-23-11-3-6-20-24-17-4-1-2-5-18(17)29-20/h1-2,4-5,7-10,19,23H,3,6,11-14H2,(H,25,26,27). The summed E-state index contributed by atoms with van der Waals surface area (Å²) >= 11 is 2.82. The summed E-state index contributed by atoms with van der Waals surface area (Å²) in [4.78, 5) is 27.5. The normalized spacial score (nSPS) is 16.2. The van der Waals surface area contributed by atoms with E-state index in [9.17, 15) is 9.59 Å². The Hall–Kier alpha value is -2.42. The summed E-state index contributed by atoms with van der Waals surface area (Å²) in [7, 11) is 0. The molecule has 30 heavy (non-hydrogen) atoms. The van der Waals surface area contributed by atoms with Crippen LogP contribution in [0.15, 0.2) is 48.5 Å². The Morgan fingerprint density at radius 1 is 1.07 bits per heavy atom. The van der Waals surface area contributed by atoms with Gasteiger partial charge in [-0.3, -0.25) is 14.9 Å². The molecule has 1 atom stereocenters. The first-order valence-corrected chi connectivity index (χ1v) is 11.7. The Balaban J connectivity index is 1.10. The fourth-order valence-electron chi connectivity index (χ4n) is 3.22. The van der Waals surface area contributed by atoms with Crippen LogP contribution < -0.4 is 15.4 Å². The Labute approximate surface area is 183 Å². The van der Waals surface area contributed by atoms with E-state index in [1.54, 1.807) is 11.3 Å². The lowest BCUT2D eigenvalue weighted by Gasteiger charge is -2.09. The number of thiazole rings is 1. The summed E-state index contributed by atoms with van der Waals surface area (Å²) in [6, 6.07) is 15.9. The van der Waals surface area contributed by atoms with Crippen molar-refractivity contribution in [3.63, 3.8) is 0 Å². The average Bonchev–Trinajstić information content (AvgIpc) is 3.30. The summed E-state index contributed by atoms with van der Waals surface area (Å²) in [5.74, 6) is 0.592. The third-order valence-electron chi connectivity index (χ3n) is 4.74. The highest BCUT2D eigenvalue weighted by atomic mass is 32.2. The third kappa shape index (κ3) is 5.59. The van der Waals surface area contributed by atoms with Crippen molar-refractivity contribution in [1.82, 2.24) is 15.6 Å². The average molecular weight is 442 g/mol. The van der Waals surface area contributed by atoms with Crippen LogP contribution in [-0.2, 0) is 17.6 Å². The smallest absolute Gasteiger partial charge is 0.286 e. The van der Waals surface area contributed by atoms with Crippen molar-refractivity contribution in [1.29, 1.82) is 0 Å². The lowest BCUT2D eigenvalue weighted by molar-refractivity contribution is -0.118. The van der Waals surface area contributed by atoms with Gasteiger partial charge < -0.3 is 10.1 Å². The van der Waals surface area contributed by atoms with Crippen LogP contribution in [0.4, 0.5) is 4.79 Å². The zero-order valence-electron chi connectivity index (χ0n) is 16.4. The van der Waals surface area contributed by atoms with E-state index in [1.807, 2.05) is 30.3 Å². The van der Waals surface area contributed by atoms with Crippen molar-refractivity contribution in [3.8, 4) is 5.75 Å². The van der Waals surface area contributed by atoms with Crippen molar-refractivity contribution in [2.24, 2.45) is 0 Å². The van der Waals surface area contributed by atoms with Crippen LogP contribution in [0.25, 0.3) is 10.2 Å². The summed E-state index contributed by atoms with van der Waals surface area (Å²) < 4.78 is 7.01. The van der Waals surface area contributed by atoms with E-state index < -0.39 is 0 Å². The van der Waals surface area contributed by atoms with Crippen LogP contribution in [0.1, 0.15) is 17.0 Å². The Kier molecular flexibility index (Phi) is 6.99. The van der Waals surface area contributed by atoms with Crippen LogP contribution in [0.5, 0.6) is 5.75 Å². The molecular formula is C22H23N3O3S2. The minimum absolute atomic E-state index is 0.209. The lowest BCUT2D eigenvalue weighted by Crippen LogP contribution is -2.25. The molecule has 0 radical (unpaired) electrons. The maximum Gasteiger partial charge on any atom is 0.286 e. The highest BCUT2D eigenvalue weighted by Gasteiger charge is 2.31. The number of fused-ring (bicyclic) bond motifs is 1. The quantitative estimate of drug-likeness (QED) is 0.466. The SMILES string of the molecule is O=C1NC(=O)C(Cc2ccc(OCCNCCCc3nc4ccccc4s3)cc2)S1. The molecule has 8 heteroatoms. The molecular weight excluding hydrogens is 418 g/mol. The molecule has 4 rings (SSSR count). The lowest BCUT2D eigenvalue weighted by atomic mass is 10.1. The molecule has 6 nitrogen and oxygen atoms in total. The molecule has 2 aromatic carbocycles. The van der Waals surface area contributed by atoms with Gasteiger partial charge in [-0.25, -0.2) is 4.98 Å². The first-order chi connectivity index (χ1) is 14.7. The number of aryl methyl sites for hydroxylation is 1. The molecule has 0 saturated carbocycles. The molecule has 1 aromatic heterocycles. The van der Waals surface area contributed by atoms with Crippen LogP contribution in [0, 0.1) is 0 Å². The molecule has 1 unspecified atom stereocenters. The van der Waals surface area contributed by atoms with Gasteiger partial charge in [-0.1, -0.05) is 36.0 Å². The van der Waals surface area contributed by atoms with Crippen molar-refractivity contribution < 1.29 is 14.3 Å². The summed E-state index contributed by atoms with van der Waals surface area (Å²) in [5, 5.41) is 6.30. The first-order valence-electron chi connectivity index (χ1n) is 9.96. The van der Waals surface area contributed by atoms with Gasteiger partial charge in [0.05, 0.1) is 20.5 Å². The van der Waals surface area contributed by atoms with Gasteiger partial charge in [-0.2, -0.15) is 0 Å². The van der Waals surface area contributed by atoms with Crippen LogP contribution >= 0.6 is 23.1 Å². The fourth-order valence-corrected chi connectivity index (χ4v) is 5.09. The van der Waals surface area contributed by atoms with Gasteiger partial charge >= 0.3 is 0 Å². The number of nitrogens with one attached hydrogen (secondary N) is 2. The number of amides is 2. The zero-order chi connectivity index (χ0) is 20.8. The Morgan fingerprint density at radius 2 is 1.90 bits per heavy atom. The molecule has 1 fully saturated rings. The second-order valence-electron chi connectivity index (χ2n) is 7.01. The number of aromatic nitrogens is 1. The predicted molar refractivity (Wildman–Crippen MR) is 121 cm³/mol. The number of carbonyl (C=O) groups excluding carboxylic acids is 2. The van der Waals surface area contributed by atoms with Gasteiger partial charge in [0.15, 0.2) is 0 Å². The fraction of sp³-hybridized carbons (Fsp3) is 0.318. The van der Waals surface area contributed by atoms with Crippen molar-refractivity contribution >= 4 is 44.5 Å². The number of carbonyl (C=O) groups is 2. The van der Waals surface area contributed by atoms with Gasteiger partial charge in [-0.05, 0) is 49.2 Å². The minimum atomic E-state index is -0.337. The molecule has 2 heterocycles. The maximum absolute atomic E-state index is 11.6. The molecule has 2 N–H and O–H groups in total.